The van der Waals surface area contributed by atoms with E-state index in [2.05, 4.69) is 4.98 Å². The third-order valence-electron chi connectivity index (χ3n) is 2.64. The van der Waals surface area contributed by atoms with Gasteiger partial charge < -0.3 is 10.5 Å². The average molecular weight is 263 g/mol. The first-order valence-corrected chi connectivity index (χ1v) is 6.09. The second-order valence-electron chi connectivity index (χ2n) is 4.23. The van der Waals surface area contributed by atoms with Gasteiger partial charge >= 0.3 is 0 Å². The number of rotatable bonds is 3. The van der Waals surface area contributed by atoms with Gasteiger partial charge in [0, 0.05) is 23.3 Å². The zero-order valence-electron chi connectivity index (χ0n) is 10.4. The molecule has 1 atom stereocenters. The average Bonchev–Trinajstić information content (AvgIpc) is 2.33. The van der Waals surface area contributed by atoms with E-state index in [0.717, 1.165) is 16.9 Å². The second kappa shape index (κ2) is 5.38. The Labute approximate surface area is 112 Å². The number of halogens is 1. The molecule has 18 heavy (non-hydrogen) atoms. The summed E-state index contributed by atoms with van der Waals surface area (Å²) in [6.45, 7) is 3.86. The Morgan fingerprint density at radius 1 is 1.28 bits per heavy atom. The number of benzene rings is 1. The fraction of sp³-hybridized carbons (Fsp3) is 0.214. The van der Waals surface area contributed by atoms with Crippen LogP contribution >= 0.6 is 11.6 Å². The van der Waals surface area contributed by atoms with E-state index in [0.29, 0.717) is 10.9 Å². The molecule has 0 saturated carbocycles. The molecule has 0 bridgehead atoms. The van der Waals surface area contributed by atoms with E-state index in [1.807, 2.05) is 38.1 Å². The molecule has 1 aromatic heterocycles. The molecule has 2 aromatic rings. The van der Waals surface area contributed by atoms with Gasteiger partial charge in [0.1, 0.15) is 5.75 Å². The molecule has 4 heteroatoms. The first-order chi connectivity index (χ1) is 8.56. The maximum atomic E-state index is 5.90. The Morgan fingerprint density at radius 2 is 2.06 bits per heavy atom. The lowest BCUT2D eigenvalue weighted by molar-refractivity contribution is 0.458. The van der Waals surface area contributed by atoms with Crippen molar-refractivity contribution in [3.8, 4) is 11.6 Å². The van der Waals surface area contributed by atoms with Crippen molar-refractivity contribution in [1.29, 1.82) is 0 Å². The number of aromatic nitrogens is 1. The number of pyridine rings is 1. The van der Waals surface area contributed by atoms with Crippen LogP contribution in [0.4, 0.5) is 0 Å². The van der Waals surface area contributed by atoms with Crippen LogP contribution in [0, 0.1) is 6.92 Å². The summed E-state index contributed by atoms with van der Waals surface area (Å²) in [6, 6.07) is 9.16. The number of ether oxygens (including phenoxy) is 1. The van der Waals surface area contributed by atoms with Crippen LogP contribution < -0.4 is 10.5 Å². The summed E-state index contributed by atoms with van der Waals surface area (Å²) in [5.41, 5.74) is 7.79. The summed E-state index contributed by atoms with van der Waals surface area (Å²) in [5, 5.41) is 0.692. The van der Waals surface area contributed by atoms with Crippen molar-refractivity contribution in [2.45, 2.75) is 19.9 Å². The number of nitrogens with two attached hydrogens (primary N) is 1. The summed E-state index contributed by atoms with van der Waals surface area (Å²) in [4.78, 5) is 4.17. The molecule has 0 fully saturated rings. The molecule has 0 aliphatic carbocycles. The lowest BCUT2D eigenvalue weighted by atomic mass is 10.1. The number of nitrogens with zero attached hydrogens (tertiary/aromatic N) is 1. The molecular formula is C14H15ClN2O. The molecule has 0 amide bonds. The van der Waals surface area contributed by atoms with Gasteiger partial charge in [-0.25, -0.2) is 4.98 Å². The quantitative estimate of drug-likeness (QED) is 0.914. The van der Waals surface area contributed by atoms with E-state index in [-0.39, 0.29) is 6.04 Å². The van der Waals surface area contributed by atoms with Gasteiger partial charge in [-0.2, -0.15) is 0 Å². The Hall–Kier alpha value is -1.58. The topological polar surface area (TPSA) is 48.1 Å². The standard InChI is InChI=1S/C14H15ClN2O/c1-9-7-12(15)3-4-13(9)18-14-8-11(10(2)16)5-6-17-14/h3-8,10H,16H2,1-2H3/t10-/m0/s1. The van der Waals surface area contributed by atoms with E-state index in [1.165, 1.54) is 0 Å². The normalized spacial score (nSPS) is 12.2. The third-order valence-corrected chi connectivity index (χ3v) is 2.87. The van der Waals surface area contributed by atoms with E-state index >= 15 is 0 Å². The van der Waals surface area contributed by atoms with Gasteiger partial charge in [-0.05, 0) is 49.2 Å². The van der Waals surface area contributed by atoms with E-state index in [4.69, 9.17) is 22.1 Å². The first-order valence-electron chi connectivity index (χ1n) is 5.72. The predicted molar refractivity (Wildman–Crippen MR) is 73.1 cm³/mol. The van der Waals surface area contributed by atoms with Gasteiger partial charge in [-0.15, -0.1) is 0 Å². The molecule has 0 saturated heterocycles. The fourth-order valence-electron chi connectivity index (χ4n) is 1.60. The van der Waals surface area contributed by atoms with Crippen LogP contribution in [0.25, 0.3) is 0 Å². The largest absolute Gasteiger partial charge is 0.439 e. The van der Waals surface area contributed by atoms with Crippen LogP contribution in [-0.4, -0.2) is 4.98 Å². The number of aryl methyl sites for hydroxylation is 1. The van der Waals surface area contributed by atoms with Gasteiger partial charge in [-0.1, -0.05) is 11.6 Å². The van der Waals surface area contributed by atoms with Crippen LogP contribution in [0.1, 0.15) is 24.1 Å². The lowest BCUT2D eigenvalue weighted by Crippen LogP contribution is -2.05. The minimum Gasteiger partial charge on any atom is -0.439 e. The molecule has 0 unspecified atom stereocenters. The molecule has 0 radical (unpaired) electrons. The molecule has 1 aromatic carbocycles. The van der Waals surface area contributed by atoms with Crippen molar-refractivity contribution in [2.24, 2.45) is 5.73 Å². The molecule has 3 nitrogen and oxygen atoms in total. The lowest BCUT2D eigenvalue weighted by Gasteiger charge is -2.10. The molecule has 2 rings (SSSR count). The van der Waals surface area contributed by atoms with Crippen molar-refractivity contribution in [3.63, 3.8) is 0 Å². The highest BCUT2D eigenvalue weighted by atomic mass is 35.5. The monoisotopic (exact) mass is 262 g/mol. The molecule has 0 spiro atoms. The smallest absolute Gasteiger partial charge is 0.219 e. The third kappa shape index (κ3) is 3.00. The number of hydrogen-bond acceptors (Lipinski definition) is 3. The van der Waals surface area contributed by atoms with Crippen LogP contribution in [0.15, 0.2) is 36.5 Å². The summed E-state index contributed by atoms with van der Waals surface area (Å²) < 4.78 is 5.73. The van der Waals surface area contributed by atoms with Gasteiger partial charge in [-0.3, -0.25) is 0 Å². The van der Waals surface area contributed by atoms with Crippen molar-refractivity contribution in [3.05, 3.63) is 52.7 Å². The predicted octanol–water partition coefficient (Wildman–Crippen LogP) is 3.86. The molecule has 0 aliphatic rings. The SMILES string of the molecule is Cc1cc(Cl)ccc1Oc1cc([C@H](C)N)ccn1. The minimum atomic E-state index is -0.0401. The van der Waals surface area contributed by atoms with Crippen LogP contribution in [0.2, 0.25) is 5.02 Å². The highest BCUT2D eigenvalue weighted by molar-refractivity contribution is 6.30. The maximum Gasteiger partial charge on any atom is 0.219 e. The van der Waals surface area contributed by atoms with E-state index in [1.54, 1.807) is 12.3 Å². The zero-order valence-corrected chi connectivity index (χ0v) is 11.1. The highest BCUT2D eigenvalue weighted by Crippen LogP contribution is 2.27. The Morgan fingerprint density at radius 3 is 2.72 bits per heavy atom. The molecule has 2 N–H and O–H groups in total. The Kier molecular flexibility index (Phi) is 3.84. The summed E-state index contributed by atoms with van der Waals surface area (Å²) in [5.74, 6) is 1.28. The Bertz CT molecular complexity index is 555. The summed E-state index contributed by atoms with van der Waals surface area (Å²) in [6.07, 6.45) is 1.69. The van der Waals surface area contributed by atoms with Crippen molar-refractivity contribution in [2.75, 3.05) is 0 Å². The molecule has 94 valence electrons. The first kappa shape index (κ1) is 12.9. The van der Waals surface area contributed by atoms with Crippen LogP contribution in [-0.2, 0) is 0 Å². The van der Waals surface area contributed by atoms with Crippen molar-refractivity contribution < 1.29 is 4.74 Å². The number of hydrogen-bond donors (Lipinski definition) is 1. The van der Waals surface area contributed by atoms with Crippen LogP contribution in [0.5, 0.6) is 11.6 Å². The van der Waals surface area contributed by atoms with Gasteiger partial charge in [0.05, 0.1) is 0 Å². The molecule has 1 heterocycles. The highest BCUT2D eigenvalue weighted by Gasteiger charge is 2.05. The van der Waals surface area contributed by atoms with Crippen LogP contribution in [0.3, 0.4) is 0 Å². The van der Waals surface area contributed by atoms with Crippen molar-refractivity contribution in [1.82, 2.24) is 4.98 Å². The summed E-state index contributed by atoms with van der Waals surface area (Å²) >= 11 is 5.90. The van der Waals surface area contributed by atoms with Gasteiger partial charge in [0.15, 0.2) is 0 Å². The van der Waals surface area contributed by atoms with E-state index < -0.39 is 0 Å². The zero-order chi connectivity index (χ0) is 13.1. The fourth-order valence-corrected chi connectivity index (χ4v) is 1.83. The van der Waals surface area contributed by atoms with Gasteiger partial charge in [0.2, 0.25) is 5.88 Å². The maximum absolute atomic E-state index is 5.90. The molecular weight excluding hydrogens is 248 g/mol. The summed E-state index contributed by atoms with van der Waals surface area (Å²) in [7, 11) is 0. The van der Waals surface area contributed by atoms with Gasteiger partial charge in [0.25, 0.3) is 0 Å². The van der Waals surface area contributed by atoms with Crippen molar-refractivity contribution >= 4 is 11.6 Å². The second-order valence-corrected chi connectivity index (χ2v) is 4.66. The molecule has 0 aliphatic heterocycles. The van der Waals surface area contributed by atoms with E-state index in [9.17, 15) is 0 Å². The minimum absolute atomic E-state index is 0.0401. The Balaban J connectivity index is 2.25.